The molecule has 0 spiro atoms. The molecule has 7 atom stereocenters. The molecular formula is C30H57N9O8S. The van der Waals surface area contributed by atoms with Crippen molar-refractivity contribution in [3.8, 4) is 0 Å². The summed E-state index contributed by atoms with van der Waals surface area (Å²) < 4.78 is 0. The average Bonchev–Trinajstić information content (AvgIpc) is 2.97. The Balaban J connectivity index is 6.02. The number of carboxylic acids is 1. The second-order valence-electron chi connectivity index (χ2n) is 12.6. The summed E-state index contributed by atoms with van der Waals surface area (Å²) in [5.74, 6) is -4.48. The number of aliphatic hydroxyl groups excluding tert-OH is 1. The van der Waals surface area contributed by atoms with Crippen molar-refractivity contribution in [3.63, 3.8) is 0 Å². The average molecular weight is 704 g/mol. The third kappa shape index (κ3) is 18.1. The summed E-state index contributed by atoms with van der Waals surface area (Å²) in [4.78, 5) is 81.1. The Labute approximate surface area is 287 Å². The highest BCUT2D eigenvalue weighted by Gasteiger charge is 2.33. The highest BCUT2D eigenvalue weighted by molar-refractivity contribution is 7.98. The van der Waals surface area contributed by atoms with Gasteiger partial charge >= 0.3 is 5.97 Å². The molecule has 0 rings (SSSR count). The van der Waals surface area contributed by atoms with Crippen molar-refractivity contribution in [1.29, 1.82) is 0 Å². The zero-order valence-electron chi connectivity index (χ0n) is 29.1. The van der Waals surface area contributed by atoms with Crippen molar-refractivity contribution in [2.45, 2.75) is 116 Å². The van der Waals surface area contributed by atoms with E-state index in [1.54, 1.807) is 6.26 Å². The second kappa shape index (κ2) is 22.8. The molecule has 0 saturated heterocycles. The van der Waals surface area contributed by atoms with Gasteiger partial charge in [-0.3, -0.25) is 29.0 Å². The van der Waals surface area contributed by atoms with Crippen molar-refractivity contribution < 1.29 is 39.0 Å². The molecule has 0 unspecified atom stereocenters. The summed E-state index contributed by atoms with van der Waals surface area (Å²) in [6.07, 6.45) is 1.46. The second-order valence-corrected chi connectivity index (χ2v) is 13.6. The summed E-state index contributed by atoms with van der Waals surface area (Å²) in [5, 5.41) is 31.9. The van der Waals surface area contributed by atoms with Crippen LogP contribution in [0.5, 0.6) is 0 Å². The fourth-order valence-corrected chi connectivity index (χ4v) is 4.94. The number of nitrogens with one attached hydrogen (secondary N) is 5. The number of carboxylic acid groups (broad SMARTS) is 1. The SMILES string of the molecule is CSCC[C@H](NC(=O)[C@H](CC(C)C)NC(=O)[C@H](CCCN=C(N)N)NC(=O)[C@H](C)NC(=O)[C@@H](N)CC(C)C)C(=O)N[C@H](C(=O)O)[C@@H](C)O. The number of aliphatic carboxylic acids is 1. The molecule has 276 valence electrons. The lowest BCUT2D eigenvalue weighted by Crippen LogP contribution is -2.59. The van der Waals surface area contributed by atoms with Crippen LogP contribution in [0.1, 0.15) is 73.6 Å². The largest absolute Gasteiger partial charge is 0.480 e. The monoisotopic (exact) mass is 703 g/mol. The van der Waals surface area contributed by atoms with Gasteiger partial charge in [0.05, 0.1) is 12.1 Å². The molecule has 0 aliphatic heterocycles. The normalized spacial score (nSPS) is 15.6. The molecule has 0 aromatic rings. The molecule has 0 aromatic carbocycles. The minimum atomic E-state index is -1.60. The Bertz CT molecular complexity index is 1100. The Morgan fingerprint density at radius 1 is 0.708 bits per heavy atom. The van der Waals surface area contributed by atoms with Gasteiger partial charge in [0.2, 0.25) is 29.5 Å². The topological polar surface area (TPSA) is 293 Å². The number of aliphatic imine (C=N–C) groups is 1. The number of aliphatic hydroxyl groups is 1. The Morgan fingerprint density at radius 3 is 1.71 bits per heavy atom. The lowest BCUT2D eigenvalue weighted by Gasteiger charge is -2.27. The number of nitrogens with zero attached hydrogens (tertiary/aromatic N) is 1. The van der Waals surface area contributed by atoms with E-state index >= 15 is 0 Å². The number of nitrogens with two attached hydrogens (primary N) is 3. The molecular weight excluding hydrogens is 646 g/mol. The number of hydrogen-bond donors (Lipinski definition) is 10. The van der Waals surface area contributed by atoms with Gasteiger partial charge in [-0.25, -0.2) is 4.79 Å². The van der Waals surface area contributed by atoms with Crippen LogP contribution < -0.4 is 43.8 Å². The van der Waals surface area contributed by atoms with E-state index in [9.17, 15) is 39.0 Å². The molecule has 0 saturated carbocycles. The van der Waals surface area contributed by atoms with E-state index < -0.39 is 77.9 Å². The van der Waals surface area contributed by atoms with Crippen LogP contribution in [-0.2, 0) is 28.8 Å². The Morgan fingerprint density at radius 2 is 1.21 bits per heavy atom. The first-order chi connectivity index (χ1) is 22.3. The minimum Gasteiger partial charge on any atom is -0.480 e. The van der Waals surface area contributed by atoms with Crippen LogP contribution in [0.15, 0.2) is 4.99 Å². The Kier molecular flexibility index (Phi) is 21.1. The van der Waals surface area contributed by atoms with Gasteiger partial charge in [0, 0.05) is 6.54 Å². The zero-order valence-corrected chi connectivity index (χ0v) is 29.9. The highest BCUT2D eigenvalue weighted by atomic mass is 32.2. The first-order valence-electron chi connectivity index (χ1n) is 16.0. The van der Waals surface area contributed by atoms with E-state index in [1.165, 1.54) is 25.6 Å². The molecule has 13 N–H and O–H groups in total. The fourth-order valence-electron chi connectivity index (χ4n) is 4.46. The van der Waals surface area contributed by atoms with Crippen molar-refractivity contribution in [2.24, 2.45) is 34.0 Å². The molecule has 17 nitrogen and oxygen atoms in total. The maximum atomic E-state index is 13.6. The lowest BCUT2D eigenvalue weighted by molar-refractivity contribution is -0.145. The van der Waals surface area contributed by atoms with Gasteiger partial charge in [0.25, 0.3) is 0 Å². The summed E-state index contributed by atoms with van der Waals surface area (Å²) in [7, 11) is 0. The predicted octanol–water partition coefficient (Wildman–Crippen LogP) is -1.88. The number of amides is 5. The standard InChI is InChI=1S/C30H57N9O8S/c1-15(2)13-19(31)25(42)35-17(5)24(41)36-20(9-8-11-34-30(32)33)26(43)38-22(14-16(3)4)28(45)37-21(10-12-48-7)27(44)39-23(18(6)40)29(46)47/h15-23,40H,8-14,31H2,1-7H3,(H,35,42)(H,36,41)(H,37,45)(H,38,43)(H,39,44)(H,46,47)(H4,32,33,34)/t17-,18+,19-,20-,21-,22-,23-/m0/s1. The summed E-state index contributed by atoms with van der Waals surface area (Å²) in [6, 6.07) is -6.92. The first kappa shape index (κ1) is 44.4. The van der Waals surface area contributed by atoms with Crippen LogP contribution in [0.3, 0.4) is 0 Å². The van der Waals surface area contributed by atoms with Crippen molar-refractivity contribution >= 4 is 53.2 Å². The van der Waals surface area contributed by atoms with E-state index in [0.29, 0.717) is 12.2 Å². The van der Waals surface area contributed by atoms with Gasteiger partial charge in [-0.15, -0.1) is 0 Å². The van der Waals surface area contributed by atoms with E-state index in [-0.39, 0.29) is 50.0 Å². The lowest BCUT2D eigenvalue weighted by atomic mass is 10.0. The quantitative estimate of drug-likeness (QED) is 0.0318. The number of carbonyl (C=O) groups is 6. The number of thioether (sulfide) groups is 1. The third-order valence-corrected chi connectivity index (χ3v) is 7.67. The van der Waals surface area contributed by atoms with Gasteiger partial charge in [-0.2, -0.15) is 11.8 Å². The number of carbonyl (C=O) groups excluding carboxylic acids is 5. The van der Waals surface area contributed by atoms with Gasteiger partial charge < -0.3 is 54.0 Å². The van der Waals surface area contributed by atoms with Crippen LogP contribution in [0.2, 0.25) is 0 Å². The molecule has 0 aromatic heterocycles. The molecule has 5 amide bonds. The summed E-state index contributed by atoms with van der Waals surface area (Å²) >= 11 is 1.40. The number of guanidine groups is 1. The van der Waals surface area contributed by atoms with E-state index in [0.717, 1.165) is 0 Å². The van der Waals surface area contributed by atoms with Crippen LogP contribution in [0, 0.1) is 11.8 Å². The third-order valence-electron chi connectivity index (χ3n) is 7.02. The molecule has 0 bridgehead atoms. The summed E-state index contributed by atoms with van der Waals surface area (Å²) in [5.41, 5.74) is 16.7. The maximum absolute atomic E-state index is 13.6. The van der Waals surface area contributed by atoms with Gasteiger partial charge in [-0.05, 0) is 69.8 Å². The van der Waals surface area contributed by atoms with Gasteiger partial charge in [0.15, 0.2) is 12.0 Å². The molecule has 48 heavy (non-hydrogen) atoms. The Hall–Kier alpha value is -3.64. The minimum absolute atomic E-state index is 0.0760. The van der Waals surface area contributed by atoms with Crippen LogP contribution in [-0.4, -0.2) is 113 Å². The van der Waals surface area contributed by atoms with E-state index in [1.807, 2.05) is 27.7 Å². The molecule has 0 heterocycles. The molecule has 0 radical (unpaired) electrons. The summed E-state index contributed by atoms with van der Waals surface area (Å²) in [6.45, 7) is 10.3. The van der Waals surface area contributed by atoms with Crippen LogP contribution in [0.4, 0.5) is 0 Å². The first-order valence-corrected chi connectivity index (χ1v) is 17.4. The predicted molar refractivity (Wildman–Crippen MR) is 184 cm³/mol. The number of hydrogen-bond acceptors (Lipinski definition) is 10. The van der Waals surface area contributed by atoms with Crippen LogP contribution in [0.25, 0.3) is 0 Å². The van der Waals surface area contributed by atoms with Crippen LogP contribution >= 0.6 is 11.8 Å². The molecule has 18 heteroatoms. The van der Waals surface area contributed by atoms with Crippen molar-refractivity contribution in [2.75, 3.05) is 18.6 Å². The highest BCUT2D eigenvalue weighted by Crippen LogP contribution is 2.10. The van der Waals surface area contributed by atoms with E-state index in [4.69, 9.17) is 17.2 Å². The zero-order chi connectivity index (χ0) is 37.1. The van der Waals surface area contributed by atoms with Crippen molar-refractivity contribution in [1.82, 2.24) is 26.6 Å². The number of rotatable bonds is 23. The van der Waals surface area contributed by atoms with Crippen molar-refractivity contribution in [3.05, 3.63) is 0 Å². The maximum Gasteiger partial charge on any atom is 0.328 e. The molecule has 0 aliphatic carbocycles. The van der Waals surface area contributed by atoms with Gasteiger partial charge in [-0.1, -0.05) is 27.7 Å². The fraction of sp³-hybridized carbons (Fsp3) is 0.767. The van der Waals surface area contributed by atoms with Gasteiger partial charge in [0.1, 0.15) is 24.2 Å². The molecule has 0 aliphatic rings. The smallest absolute Gasteiger partial charge is 0.328 e. The van der Waals surface area contributed by atoms with E-state index in [2.05, 4.69) is 31.6 Å². The molecule has 0 fully saturated rings.